The highest BCUT2D eigenvalue weighted by atomic mass is 16.7. The largest absolute Gasteiger partial charge is 0.394 e. The molecule has 2 aliphatic rings. The summed E-state index contributed by atoms with van der Waals surface area (Å²) >= 11 is 0. The van der Waals surface area contributed by atoms with E-state index in [1.165, 1.54) is 6.92 Å². The van der Waals surface area contributed by atoms with Gasteiger partial charge in [0.2, 0.25) is 0 Å². The molecule has 1 saturated carbocycles. The van der Waals surface area contributed by atoms with Crippen LogP contribution in [0.5, 0.6) is 0 Å². The summed E-state index contributed by atoms with van der Waals surface area (Å²) in [6.07, 6.45) is -15.1. The third-order valence-corrected chi connectivity index (χ3v) is 4.59. The summed E-state index contributed by atoms with van der Waals surface area (Å²) in [4.78, 5) is 0. The third-order valence-electron chi connectivity index (χ3n) is 4.59. The van der Waals surface area contributed by atoms with E-state index in [4.69, 9.17) is 14.6 Å². The minimum atomic E-state index is -1.70. The van der Waals surface area contributed by atoms with Crippen LogP contribution in [0.3, 0.4) is 0 Å². The molecule has 1 heterocycles. The van der Waals surface area contributed by atoms with Crippen LogP contribution in [-0.2, 0) is 9.47 Å². The summed E-state index contributed by atoms with van der Waals surface area (Å²) in [5.74, 6) is -0.830. The minimum absolute atomic E-state index is 0.654. The second-order valence-electron chi connectivity index (χ2n) is 6.12. The van der Waals surface area contributed by atoms with Crippen LogP contribution in [0.15, 0.2) is 0 Å². The van der Waals surface area contributed by atoms with Crippen molar-refractivity contribution >= 4 is 0 Å². The first-order valence-electron chi connectivity index (χ1n) is 7.39. The van der Waals surface area contributed by atoms with Crippen molar-refractivity contribution in [3.63, 3.8) is 0 Å². The highest BCUT2D eigenvalue weighted by Crippen LogP contribution is 2.31. The van der Waals surface area contributed by atoms with E-state index in [0.29, 0.717) is 0 Å². The lowest BCUT2D eigenvalue weighted by molar-refractivity contribution is -0.336. The van der Waals surface area contributed by atoms with Crippen LogP contribution in [0.2, 0.25) is 0 Å². The van der Waals surface area contributed by atoms with Crippen LogP contribution in [0.25, 0.3) is 0 Å². The zero-order valence-corrected chi connectivity index (χ0v) is 12.5. The molecule has 0 aromatic carbocycles. The minimum Gasteiger partial charge on any atom is -0.394 e. The third kappa shape index (κ3) is 3.37. The topological polar surface area (TPSA) is 180 Å². The molecule has 10 nitrogen and oxygen atoms in total. The Bertz CT molecular complexity index is 377. The lowest BCUT2D eigenvalue weighted by Crippen LogP contribution is -2.65. The summed E-state index contributed by atoms with van der Waals surface area (Å²) in [6, 6.07) is 0. The van der Waals surface area contributed by atoms with Crippen molar-refractivity contribution in [1.29, 1.82) is 0 Å². The maximum absolute atomic E-state index is 10.1. The number of aliphatic hydroxyl groups excluding tert-OH is 8. The van der Waals surface area contributed by atoms with E-state index in [1.54, 1.807) is 0 Å². The zero-order valence-electron chi connectivity index (χ0n) is 12.5. The molecule has 0 bridgehead atoms. The second kappa shape index (κ2) is 7.23. The van der Waals surface area contributed by atoms with E-state index < -0.39 is 73.8 Å². The van der Waals surface area contributed by atoms with Crippen molar-refractivity contribution in [2.75, 3.05) is 6.61 Å². The maximum atomic E-state index is 10.1. The number of aliphatic hydroxyl groups is 8. The van der Waals surface area contributed by atoms with Crippen LogP contribution in [-0.4, -0.2) is 109 Å². The van der Waals surface area contributed by atoms with E-state index in [1.807, 2.05) is 0 Å². The molecule has 2 fully saturated rings. The number of hydrogen-bond acceptors (Lipinski definition) is 10. The van der Waals surface area contributed by atoms with Gasteiger partial charge in [-0.25, -0.2) is 0 Å². The molecule has 0 radical (unpaired) electrons. The SMILES string of the molecule is C[C@@H]1C(O)C(O)[C@H](O)C(O[C@H]2OC(CO)[C@H](O)C(O)C2O)C1O. The Balaban J connectivity index is 2.13. The van der Waals surface area contributed by atoms with Crippen LogP contribution >= 0.6 is 0 Å². The van der Waals surface area contributed by atoms with Gasteiger partial charge in [-0.3, -0.25) is 0 Å². The number of hydrogen-bond donors (Lipinski definition) is 8. The fraction of sp³-hybridized carbons (Fsp3) is 1.00. The van der Waals surface area contributed by atoms with Crippen LogP contribution in [0.4, 0.5) is 0 Å². The fourth-order valence-corrected chi connectivity index (χ4v) is 2.91. The first kappa shape index (κ1) is 18.9. The molecule has 7 unspecified atom stereocenters. The molecule has 0 spiro atoms. The van der Waals surface area contributed by atoms with Gasteiger partial charge in [-0.2, -0.15) is 0 Å². The highest BCUT2D eigenvalue weighted by molar-refractivity contribution is 4.98. The smallest absolute Gasteiger partial charge is 0.187 e. The molecule has 0 aromatic heterocycles. The van der Waals surface area contributed by atoms with Gasteiger partial charge in [-0.05, 0) is 0 Å². The summed E-state index contributed by atoms with van der Waals surface area (Å²) in [6.45, 7) is 0.784. The van der Waals surface area contributed by atoms with E-state index in [0.717, 1.165) is 0 Å². The van der Waals surface area contributed by atoms with Crippen LogP contribution < -0.4 is 0 Å². The maximum Gasteiger partial charge on any atom is 0.187 e. The quantitative estimate of drug-likeness (QED) is 0.248. The van der Waals surface area contributed by atoms with Gasteiger partial charge >= 0.3 is 0 Å². The molecule has 23 heavy (non-hydrogen) atoms. The Kier molecular flexibility index (Phi) is 5.95. The molecule has 0 amide bonds. The van der Waals surface area contributed by atoms with Gasteiger partial charge < -0.3 is 50.3 Å². The van der Waals surface area contributed by atoms with Gasteiger partial charge in [-0.1, -0.05) is 6.92 Å². The molecule has 1 aliphatic heterocycles. The van der Waals surface area contributed by atoms with Crippen molar-refractivity contribution in [2.45, 2.75) is 68.1 Å². The standard InChI is InChI=1S/C13H24O10/c1-3-5(15)8(18)10(20)12(6(3)16)23-13-11(21)9(19)7(17)4(2-14)22-13/h3-21H,2H2,1H3/t3-,4?,5?,6?,7+,8?,9?,10+,11?,12?,13-/m1/s1. The number of rotatable bonds is 3. The van der Waals surface area contributed by atoms with E-state index in [9.17, 15) is 35.7 Å². The van der Waals surface area contributed by atoms with Crippen LogP contribution in [0.1, 0.15) is 6.92 Å². The van der Waals surface area contributed by atoms with Gasteiger partial charge in [0.05, 0.1) is 18.8 Å². The molecular weight excluding hydrogens is 316 g/mol. The lowest BCUT2D eigenvalue weighted by Gasteiger charge is -2.46. The monoisotopic (exact) mass is 340 g/mol. The first-order chi connectivity index (χ1) is 10.7. The Morgan fingerprint density at radius 2 is 1.30 bits per heavy atom. The molecule has 10 heteroatoms. The Morgan fingerprint density at radius 1 is 0.739 bits per heavy atom. The first-order valence-corrected chi connectivity index (χ1v) is 7.39. The Hall–Kier alpha value is -0.400. The lowest BCUT2D eigenvalue weighted by atomic mass is 9.79. The molecule has 8 N–H and O–H groups in total. The fourth-order valence-electron chi connectivity index (χ4n) is 2.91. The van der Waals surface area contributed by atoms with Crippen LogP contribution in [0, 0.1) is 5.92 Å². The summed E-state index contributed by atoms with van der Waals surface area (Å²) in [7, 11) is 0. The molecular formula is C13H24O10. The van der Waals surface area contributed by atoms with Crippen molar-refractivity contribution in [2.24, 2.45) is 5.92 Å². The van der Waals surface area contributed by atoms with E-state index in [2.05, 4.69) is 0 Å². The summed E-state index contributed by atoms with van der Waals surface area (Å²) in [5, 5.41) is 77.9. The molecule has 136 valence electrons. The number of ether oxygens (including phenoxy) is 2. The Labute approximate surface area is 132 Å². The van der Waals surface area contributed by atoms with Gasteiger partial charge in [-0.15, -0.1) is 0 Å². The predicted octanol–water partition coefficient (Wildman–Crippen LogP) is -4.74. The van der Waals surface area contributed by atoms with Crippen molar-refractivity contribution in [1.82, 2.24) is 0 Å². The normalized spacial score (nSPS) is 54.9. The van der Waals surface area contributed by atoms with Gasteiger partial charge in [0.15, 0.2) is 6.29 Å². The van der Waals surface area contributed by atoms with Gasteiger partial charge in [0.25, 0.3) is 0 Å². The molecule has 0 aromatic rings. The molecule has 2 rings (SSSR count). The predicted molar refractivity (Wildman–Crippen MR) is 71.8 cm³/mol. The average Bonchev–Trinajstić information content (AvgIpc) is 2.54. The van der Waals surface area contributed by atoms with E-state index >= 15 is 0 Å². The average molecular weight is 340 g/mol. The van der Waals surface area contributed by atoms with Gasteiger partial charge in [0, 0.05) is 5.92 Å². The summed E-state index contributed by atoms with van der Waals surface area (Å²) < 4.78 is 10.4. The Morgan fingerprint density at radius 3 is 1.87 bits per heavy atom. The van der Waals surface area contributed by atoms with E-state index in [-0.39, 0.29) is 0 Å². The second-order valence-corrected chi connectivity index (χ2v) is 6.12. The van der Waals surface area contributed by atoms with Gasteiger partial charge in [0.1, 0.15) is 42.7 Å². The molecule has 11 atom stereocenters. The van der Waals surface area contributed by atoms with Crippen molar-refractivity contribution < 1.29 is 50.3 Å². The van der Waals surface area contributed by atoms with Crippen molar-refractivity contribution in [3.05, 3.63) is 0 Å². The summed E-state index contributed by atoms with van der Waals surface area (Å²) in [5.41, 5.74) is 0. The molecule has 1 aliphatic carbocycles. The molecule has 1 saturated heterocycles. The zero-order chi connectivity index (χ0) is 17.5. The highest BCUT2D eigenvalue weighted by Gasteiger charge is 2.51. The van der Waals surface area contributed by atoms with Crippen molar-refractivity contribution in [3.8, 4) is 0 Å².